The van der Waals surface area contributed by atoms with E-state index in [0.29, 0.717) is 0 Å². The number of hydrogen-bond donors (Lipinski definition) is 2. The second kappa shape index (κ2) is 11.3. The molecule has 0 aliphatic carbocycles. The van der Waals surface area contributed by atoms with Gasteiger partial charge in [0.05, 0.1) is 0 Å². The number of rotatable bonds is 0. The van der Waals surface area contributed by atoms with Crippen molar-refractivity contribution in [2.45, 2.75) is 26.7 Å². The van der Waals surface area contributed by atoms with E-state index in [2.05, 4.69) is 5.32 Å². The average molecular weight is 147 g/mol. The maximum absolute atomic E-state index is 10.1. The van der Waals surface area contributed by atoms with Gasteiger partial charge in [-0.3, -0.25) is 4.79 Å². The standard InChI is InChI=1S/C4H7NO.C2H6.CH4O/c6-4-2-1-3-5-4;2*1-2/h1-3H2,(H,5,6);1-2H3;2H,1H3. The number of carbonyl (C=O) groups is 1. The van der Waals surface area contributed by atoms with Gasteiger partial charge in [0, 0.05) is 20.1 Å². The molecule has 1 amide bonds. The van der Waals surface area contributed by atoms with Crippen molar-refractivity contribution in [3.05, 3.63) is 0 Å². The minimum atomic E-state index is 0.204. The molecule has 1 heterocycles. The van der Waals surface area contributed by atoms with Crippen LogP contribution in [0.15, 0.2) is 0 Å². The lowest BCUT2D eigenvalue weighted by molar-refractivity contribution is -0.119. The highest BCUT2D eigenvalue weighted by Crippen LogP contribution is 1.93. The molecule has 0 bridgehead atoms. The Balaban J connectivity index is 0. The van der Waals surface area contributed by atoms with E-state index in [4.69, 9.17) is 5.11 Å². The van der Waals surface area contributed by atoms with Crippen molar-refractivity contribution in [1.82, 2.24) is 5.32 Å². The SMILES string of the molecule is CC.CO.O=C1CCCN1. The molecule has 0 unspecified atom stereocenters. The Morgan fingerprint density at radius 2 is 1.90 bits per heavy atom. The Labute approximate surface area is 62.4 Å². The van der Waals surface area contributed by atoms with Gasteiger partial charge in [0.15, 0.2) is 0 Å². The van der Waals surface area contributed by atoms with Crippen LogP contribution in [0.5, 0.6) is 0 Å². The predicted octanol–water partition coefficient (Wildman–Crippen LogP) is 0.531. The number of hydrogen-bond acceptors (Lipinski definition) is 2. The zero-order valence-corrected chi connectivity index (χ0v) is 6.98. The molecule has 0 aromatic rings. The molecule has 1 aliphatic heterocycles. The summed E-state index contributed by atoms with van der Waals surface area (Å²) in [5.41, 5.74) is 0. The Morgan fingerprint density at radius 3 is 2.00 bits per heavy atom. The Kier molecular flexibility index (Phi) is 13.7. The first-order valence-electron chi connectivity index (χ1n) is 3.61. The molecule has 0 spiro atoms. The number of nitrogens with one attached hydrogen (secondary N) is 1. The molecule has 0 radical (unpaired) electrons. The molecule has 62 valence electrons. The van der Waals surface area contributed by atoms with Crippen LogP contribution >= 0.6 is 0 Å². The third kappa shape index (κ3) is 7.43. The summed E-state index contributed by atoms with van der Waals surface area (Å²) >= 11 is 0. The van der Waals surface area contributed by atoms with E-state index in [9.17, 15) is 4.79 Å². The number of aliphatic hydroxyl groups is 1. The molecular weight excluding hydrogens is 130 g/mol. The summed E-state index contributed by atoms with van der Waals surface area (Å²) in [5.74, 6) is 0.204. The normalized spacial score (nSPS) is 13.8. The van der Waals surface area contributed by atoms with Crippen LogP contribution in [0.1, 0.15) is 26.7 Å². The van der Waals surface area contributed by atoms with Gasteiger partial charge in [0.25, 0.3) is 0 Å². The number of carbonyl (C=O) groups excluding carboxylic acids is 1. The zero-order chi connectivity index (χ0) is 8.41. The van der Waals surface area contributed by atoms with Crippen molar-refractivity contribution >= 4 is 5.91 Å². The van der Waals surface area contributed by atoms with Crippen LogP contribution < -0.4 is 5.32 Å². The molecule has 0 atom stereocenters. The first kappa shape index (κ1) is 12.1. The second-order valence-electron chi connectivity index (χ2n) is 1.45. The molecule has 1 fully saturated rings. The molecule has 1 rings (SSSR count). The third-order valence-electron chi connectivity index (χ3n) is 0.903. The van der Waals surface area contributed by atoms with Gasteiger partial charge in [-0.05, 0) is 6.42 Å². The fraction of sp³-hybridized carbons (Fsp3) is 0.857. The van der Waals surface area contributed by atoms with E-state index in [1.165, 1.54) is 0 Å². The van der Waals surface area contributed by atoms with Gasteiger partial charge < -0.3 is 10.4 Å². The van der Waals surface area contributed by atoms with E-state index >= 15 is 0 Å². The van der Waals surface area contributed by atoms with Crippen LogP contribution in [0.2, 0.25) is 0 Å². The summed E-state index contributed by atoms with van der Waals surface area (Å²) < 4.78 is 0. The lowest BCUT2D eigenvalue weighted by atomic mass is 10.4. The predicted molar refractivity (Wildman–Crippen MR) is 41.7 cm³/mol. The Hall–Kier alpha value is -0.570. The van der Waals surface area contributed by atoms with Crippen LogP contribution in [0.3, 0.4) is 0 Å². The fourth-order valence-corrected chi connectivity index (χ4v) is 0.565. The monoisotopic (exact) mass is 147 g/mol. The van der Waals surface area contributed by atoms with Crippen molar-refractivity contribution in [3.8, 4) is 0 Å². The Bertz CT molecular complexity index is 66.0. The minimum Gasteiger partial charge on any atom is -0.400 e. The molecule has 2 N–H and O–H groups in total. The summed E-state index contributed by atoms with van der Waals surface area (Å²) in [5, 5.41) is 9.68. The van der Waals surface area contributed by atoms with Gasteiger partial charge in [0.1, 0.15) is 0 Å². The van der Waals surface area contributed by atoms with Crippen molar-refractivity contribution in [2.75, 3.05) is 13.7 Å². The fourth-order valence-electron chi connectivity index (χ4n) is 0.565. The molecule has 1 saturated heterocycles. The zero-order valence-electron chi connectivity index (χ0n) is 6.98. The van der Waals surface area contributed by atoms with Crippen LogP contribution in [0, 0.1) is 0 Å². The summed E-state index contributed by atoms with van der Waals surface area (Å²) in [6, 6.07) is 0. The highest BCUT2D eigenvalue weighted by Gasteiger charge is 2.05. The lowest BCUT2D eigenvalue weighted by Crippen LogP contribution is -2.12. The van der Waals surface area contributed by atoms with E-state index < -0.39 is 0 Å². The summed E-state index contributed by atoms with van der Waals surface area (Å²) in [6.45, 7) is 4.89. The van der Waals surface area contributed by atoms with Gasteiger partial charge in [-0.25, -0.2) is 0 Å². The topological polar surface area (TPSA) is 49.3 Å². The largest absolute Gasteiger partial charge is 0.400 e. The summed E-state index contributed by atoms with van der Waals surface area (Å²) in [7, 11) is 1.00. The van der Waals surface area contributed by atoms with Crippen molar-refractivity contribution < 1.29 is 9.90 Å². The third-order valence-corrected chi connectivity index (χ3v) is 0.903. The van der Waals surface area contributed by atoms with Crippen LogP contribution in [0.25, 0.3) is 0 Å². The molecule has 10 heavy (non-hydrogen) atoms. The molecule has 0 saturated carbocycles. The highest BCUT2D eigenvalue weighted by molar-refractivity contribution is 5.77. The lowest BCUT2D eigenvalue weighted by Gasteiger charge is -1.80. The van der Waals surface area contributed by atoms with Gasteiger partial charge in [-0.1, -0.05) is 13.8 Å². The van der Waals surface area contributed by atoms with Crippen LogP contribution in [0.4, 0.5) is 0 Å². The van der Waals surface area contributed by atoms with Gasteiger partial charge in [-0.15, -0.1) is 0 Å². The van der Waals surface area contributed by atoms with Gasteiger partial charge in [0.2, 0.25) is 5.91 Å². The second-order valence-corrected chi connectivity index (χ2v) is 1.45. The van der Waals surface area contributed by atoms with Crippen LogP contribution in [-0.2, 0) is 4.79 Å². The minimum absolute atomic E-state index is 0.204. The molecule has 3 nitrogen and oxygen atoms in total. The maximum Gasteiger partial charge on any atom is 0.220 e. The maximum atomic E-state index is 10.1. The molecule has 3 heteroatoms. The van der Waals surface area contributed by atoms with Gasteiger partial charge in [-0.2, -0.15) is 0 Å². The van der Waals surface area contributed by atoms with Crippen molar-refractivity contribution in [2.24, 2.45) is 0 Å². The molecule has 0 aromatic heterocycles. The van der Waals surface area contributed by atoms with Crippen molar-refractivity contribution in [3.63, 3.8) is 0 Å². The smallest absolute Gasteiger partial charge is 0.220 e. The molecule has 1 aliphatic rings. The first-order chi connectivity index (χ1) is 4.89. The van der Waals surface area contributed by atoms with Crippen molar-refractivity contribution in [1.29, 1.82) is 0 Å². The summed E-state index contributed by atoms with van der Waals surface area (Å²) in [4.78, 5) is 10.1. The van der Waals surface area contributed by atoms with E-state index in [1.54, 1.807) is 0 Å². The van der Waals surface area contributed by atoms with E-state index in [1.807, 2.05) is 13.8 Å². The number of amides is 1. The molecular formula is C7H17NO2. The van der Waals surface area contributed by atoms with Gasteiger partial charge >= 0.3 is 0 Å². The number of aliphatic hydroxyl groups excluding tert-OH is 1. The highest BCUT2D eigenvalue weighted by atomic mass is 16.2. The first-order valence-corrected chi connectivity index (χ1v) is 3.61. The van der Waals surface area contributed by atoms with E-state index in [0.717, 1.165) is 26.5 Å². The van der Waals surface area contributed by atoms with E-state index in [-0.39, 0.29) is 5.91 Å². The quantitative estimate of drug-likeness (QED) is 0.525. The summed E-state index contributed by atoms with van der Waals surface area (Å²) in [6.07, 6.45) is 1.76. The Morgan fingerprint density at radius 1 is 1.40 bits per heavy atom. The van der Waals surface area contributed by atoms with Crippen LogP contribution in [-0.4, -0.2) is 24.7 Å². The average Bonchev–Trinajstić information content (AvgIpc) is 2.48. The molecule has 0 aromatic carbocycles.